The van der Waals surface area contributed by atoms with Gasteiger partial charge in [0, 0.05) is 39.0 Å². The van der Waals surface area contributed by atoms with Gasteiger partial charge < -0.3 is 4.90 Å². The van der Waals surface area contributed by atoms with E-state index in [4.69, 9.17) is 0 Å². The number of carbonyl (C=O) groups excluding carboxylic acids is 1. The lowest BCUT2D eigenvalue weighted by Gasteiger charge is -2.31. The van der Waals surface area contributed by atoms with Gasteiger partial charge in [-0.3, -0.25) is 9.48 Å². The molecule has 1 atom stereocenters. The lowest BCUT2D eigenvalue weighted by atomic mass is 9.93. The van der Waals surface area contributed by atoms with Gasteiger partial charge in [-0.15, -0.1) is 0 Å². The second-order valence-corrected chi connectivity index (χ2v) is 5.91. The lowest BCUT2D eigenvalue weighted by molar-refractivity contribution is -0.130. The van der Waals surface area contributed by atoms with Crippen LogP contribution in [0.3, 0.4) is 0 Å². The molecule has 1 amide bonds. The summed E-state index contributed by atoms with van der Waals surface area (Å²) < 4.78 is 1.81. The molecule has 116 valence electrons. The molecule has 0 saturated carbocycles. The zero-order valence-corrected chi connectivity index (χ0v) is 13.1. The maximum atomic E-state index is 11.5. The fourth-order valence-corrected chi connectivity index (χ4v) is 3.09. The van der Waals surface area contributed by atoms with Gasteiger partial charge in [-0.25, -0.2) is 9.97 Å². The minimum absolute atomic E-state index is 0.169. The minimum Gasteiger partial charge on any atom is -0.343 e. The Balaban J connectivity index is 1.73. The van der Waals surface area contributed by atoms with Crippen molar-refractivity contribution in [2.45, 2.75) is 26.2 Å². The number of likely N-dealkylation sites (tertiary alicyclic amines) is 1. The monoisotopic (exact) mass is 299 g/mol. The van der Waals surface area contributed by atoms with E-state index in [1.165, 1.54) is 0 Å². The summed E-state index contributed by atoms with van der Waals surface area (Å²) in [6.07, 6.45) is 6.49. The Labute approximate surface area is 130 Å². The minimum atomic E-state index is 0.169. The number of hydrogen-bond donors (Lipinski definition) is 0. The van der Waals surface area contributed by atoms with Crippen LogP contribution in [0.2, 0.25) is 0 Å². The highest BCUT2D eigenvalue weighted by atomic mass is 16.2. The van der Waals surface area contributed by atoms with Crippen molar-refractivity contribution < 1.29 is 4.79 Å². The number of aromatic nitrogens is 4. The van der Waals surface area contributed by atoms with E-state index >= 15 is 0 Å². The number of rotatable bonds is 3. The Kier molecular flexibility index (Phi) is 4.18. The van der Waals surface area contributed by atoms with Crippen LogP contribution in [0.15, 0.2) is 24.7 Å². The molecular weight excluding hydrogens is 278 g/mol. The molecule has 3 rings (SSSR count). The number of hydrogen-bond acceptors (Lipinski definition) is 4. The van der Waals surface area contributed by atoms with Crippen molar-refractivity contribution in [1.29, 1.82) is 0 Å². The van der Waals surface area contributed by atoms with Crippen molar-refractivity contribution in [3.05, 3.63) is 30.4 Å². The molecule has 0 spiro atoms. The summed E-state index contributed by atoms with van der Waals surface area (Å²) >= 11 is 0. The maximum absolute atomic E-state index is 11.5. The molecule has 1 unspecified atom stereocenters. The predicted molar refractivity (Wildman–Crippen MR) is 82.9 cm³/mol. The van der Waals surface area contributed by atoms with Gasteiger partial charge in [0.1, 0.15) is 6.33 Å². The lowest BCUT2D eigenvalue weighted by Crippen LogP contribution is -2.39. The van der Waals surface area contributed by atoms with Crippen LogP contribution in [0.5, 0.6) is 0 Å². The first kappa shape index (κ1) is 14.7. The summed E-state index contributed by atoms with van der Waals surface area (Å²) in [4.78, 5) is 22.2. The Bertz CT molecular complexity index is 666. The molecule has 1 aliphatic rings. The molecule has 0 bridgehead atoms. The molecule has 6 nitrogen and oxygen atoms in total. The van der Waals surface area contributed by atoms with Crippen molar-refractivity contribution in [2.75, 3.05) is 13.1 Å². The molecule has 2 aromatic heterocycles. The molecule has 0 aliphatic carbocycles. The van der Waals surface area contributed by atoms with Crippen molar-refractivity contribution in [2.24, 2.45) is 13.0 Å². The standard InChI is InChI=1S/C16H21N5O/c1-12(22)21-7-3-4-13(10-21)8-14-9-15(18-11-17-14)16-5-6-19-20(16)2/h5-6,9,11,13H,3-4,7-8,10H2,1-2H3. The van der Waals surface area contributed by atoms with Crippen LogP contribution in [0.4, 0.5) is 0 Å². The van der Waals surface area contributed by atoms with E-state index in [9.17, 15) is 4.79 Å². The molecule has 0 aromatic carbocycles. The molecule has 3 heterocycles. The first-order valence-electron chi connectivity index (χ1n) is 7.68. The van der Waals surface area contributed by atoms with Gasteiger partial charge in [-0.2, -0.15) is 5.10 Å². The molecule has 1 fully saturated rings. The molecule has 6 heteroatoms. The van der Waals surface area contributed by atoms with Crippen molar-refractivity contribution in [1.82, 2.24) is 24.6 Å². The van der Waals surface area contributed by atoms with E-state index in [0.29, 0.717) is 5.92 Å². The third kappa shape index (κ3) is 3.16. The average Bonchev–Trinajstić information content (AvgIpc) is 2.94. The third-order valence-electron chi connectivity index (χ3n) is 4.27. The molecular formula is C16H21N5O. The average molecular weight is 299 g/mol. The summed E-state index contributed by atoms with van der Waals surface area (Å²) in [7, 11) is 1.91. The Hall–Kier alpha value is -2.24. The summed E-state index contributed by atoms with van der Waals surface area (Å²) in [5, 5.41) is 4.18. The van der Waals surface area contributed by atoms with E-state index in [2.05, 4.69) is 15.1 Å². The van der Waals surface area contributed by atoms with Crippen molar-refractivity contribution in [3.63, 3.8) is 0 Å². The summed E-state index contributed by atoms with van der Waals surface area (Å²) in [5.41, 5.74) is 2.91. The van der Waals surface area contributed by atoms with Gasteiger partial charge in [-0.1, -0.05) is 0 Å². The molecule has 0 N–H and O–H groups in total. The van der Waals surface area contributed by atoms with E-state index < -0.39 is 0 Å². The zero-order chi connectivity index (χ0) is 15.5. The highest BCUT2D eigenvalue weighted by Gasteiger charge is 2.22. The number of nitrogens with zero attached hydrogens (tertiary/aromatic N) is 5. The number of aryl methyl sites for hydroxylation is 1. The SMILES string of the molecule is CC(=O)N1CCCC(Cc2cc(-c3ccnn3C)ncn2)C1. The largest absolute Gasteiger partial charge is 0.343 e. The number of carbonyl (C=O) groups is 1. The van der Waals surface area contributed by atoms with Crippen molar-refractivity contribution in [3.8, 4) is 11.4 Å². The molecule has 1 saturated heterocycles. The van der Waals surface area contributed by atoms with Crippen LogP contribution in [0.25, 0.3) is 11.4 Å². The smallest absolute Gasteiger partial charge is 0.219 e. The number of amides is 1. The van der Waals surface area contributed by atoms with Crippen LogP contribution in [-0.4, -0.2) is 43.6 Å². The van der Waals surface area contributed by atoms with Crippen LogP contribution in [0.1, 0.15) is 25.5 Å². The van der Waals surface area contributed by atoms with Gasteiger partial charge in [0.15, 0.2) is 0 Å². The van der Waals surface area contributed by atoms with Gasteiger partial charge >= 0.3 is 0 Å². The highest BCUT2D eigenvalue weighted by Crippen LogP contribution is 2.22. The van der Waals surface area contributed by atoms with E-state index in [1.54, 1.807) is 19.4 Å². The fraction of sp³-hybridized carbons (Fsp3) is 0.500. The molecule has 1 aliphatic heterocycles. The van der Waals surface area contributed by atoms with E-state index in [-0.39, 0.29) is 5.91 Å². The summed E-state index contributed by atoms with van der Waals surface area (Å²) in [6.45, 7) is 3.36. The molecule has 22 heavy (non-hydrogen) atoms. The van der Waals surface area contributed by atoms with E-state index in [0.717, 1.165) is 49.4 Å². The van der Waals surface area contributed by atoms with Crippen LogP contribution >= 0.6 is 0 Å². The van der Waals surface area contributed by atoms with Gasteiger partial charge in [-0.05, 0) is 37.3 Å². The number of piperidine rings is 1. The van der Waals surface area contributed by atoms with Gasteiger partial charge in [0.25, 0.3) is 0 Å². The normalized spacial score (nSPS) is 18.5. The topological polar surface area (TPSA) is 63.9 Å². The quantitative estimate of drug-likeness (QED) is 0.865. The molecule has 0 radical (unpaired) electrons. The second-order valence-electron chi connectivity index (χ2n) is 5.91. The molecule has 2 aromatic rings. The van der Waals surface area contributed by atoms with Crippen LogP contribution in [-0.2, 0) is 18.3 Å². The highest BCUT2D eigenvalue weighted by molar-refractivity contribution is 5.73. The predicted octanol–water partition coefficient (Wildman–Crippen LogP) is 1.68. The van der Waals surface area contributed by atoms with Crippen molar-refractivity contribution >= 4 is 5.91 Å². The fourth-order valence-electron chi connectivity index (χ4n) is 3.09. The maximum Gasteiger partial charge on any atom is 0.219 e. The Morgan fingerprint density at radius 3 is 3.00 bits per heavy atom. The first-order valence-corrected chi connectivity index (χ1v) is 7.68. The van der Waals surface area contributed by atoms with Gasteiger partial charge in [0.2, 0.25) is 5.91 Å². The zero-order valence-electron chi connectivity index (χ0n) is 13.1. The first-order chi connectivity index (χ1) is 10.6. The second kappa shape index (κ2) is 6.25. The van der Waals surface area contributed by atoms with Crippen LogP contribution < -0.4 is 0 Å². The summed E-state index contributed by atoms with van der Waals surface area (Å²) in [5.74, 6) is 0.648. The van der Waals surface area contributed by atoms with E-state index in [1.807, 2.05) is 28.8 Å². The Morgan fingerprint density at radius 2 is 2.27 bits per heavy atom. The third-order valence-corrected chi connectivity index (χ3v) is 4.27. The van der Waals surface area contributed by atoms with Gasteiger partial charge in [0.05, 0.1) is 11.4 Å². The van der Waals surface area contributed by atoms with Crippen LogP contribution in [0, 0.1) is 5.92 Å². The summed E-state index contributed by atoms with van der Waals surface area (Å²) in [6, 6.07) is 3.98. The Morgan fingerprint density at radius 1 is 1.41 bits per heavy atom.